The number of nitrogens with zero attached hydrogens (tertiary/aromatic N) is 1. The lowest BCUT2D eigenvalue weighted by atomic mass is 10.4. The van der Waals surface area contributed by atoms with Crippen molar-refractivity contribution in [3.05, 3.63) is 0 Å². The van der Waals surface area contributed by atoms with Crippen molar-refractivity contribution in [2.24, 2.45) is 0 Å². The molecule has 1 aliphatic rings. The largest absolute Gasteiger partial charge is 0.332 e. The van der Waals surface area contributed by atoms with Crippen LogP contribution in [0.25, 0.3) is 0 Å². The van der Waals surface area contributed by atoms with E-state index in [2.05, 4.69) is 4.84 Å². The van der Waals surface area contributed by atoms with E-state index in [4.69, 9.17) is 6.85 Å². The molecular weight excluding hydrogens is 162 g/mol. The SMILES string of the molecule is [3H]C([3H])([3H])C([3H])([3H])C(=O)ON1C(=O)CCC1=O. The first-order valence-corrected chi connectivity index (χ1v) is 3.15. The first kappa shape index (κ1) is 4.02. The summed E-state index contributed by atoms with van der Waals surface area (Å²) in [5.41, 5.74) is 0. The molecule has 1 fully saturated rings. The van der Waals surface area contributed by atoms with Gasteiger partial charge in [-0.2, -0.15) is 0 Å². The van der Waals surface area contributed by atoms with Crippen LogP contribution in [0.5, 0.6) is 0 Å². The molecule has 0 atom stereocenters. The predicted molar refractivity (Wildman–Crippen MR) is 37.5 cm³/mol. The quantitative estimate of drug-likeness (QED) is 0.562. The summed E-state index contributed by atoms with van der Waals surface area (Å²) in [7, 11) is 0. The van der Waals surface area contributed by atoms with Crippen LogP contribution in [0, 0.1) is 0 Å². The average molecular weight is 181 g/mol. The number of carbonyl (C=O) groups is 3. The van der Waals surface area contributed by atoms with Crippen LogP contribution in [-0.2, 0) is 19.2 Å². The van der Waals surface area contributed by atoms with E-state index in [9.17, 15) is 14.4 Å². The highest BCUT2D eigenvalue weighted by Crippen LogP contribution is 2.12. The van der Waals surface area contributed by atoms with Crippen molar-refractivity contribution in [1.29, 1.82) is 0 Å². The summed E-state index contributed by atoms with van der Waals surface area (Å²) >= 11 is 0. The molecule has 0 N–H and O–H groups in total. The Hall–Kier alpha value is -1.39. The zero-order valence-electron chi connectivity index (χ0n) is 11.0. The maximum absolute atomic E-state index is 11.3. The molecular formula is C7H9NO4. The Morgan fingerprint density at radius 2 is 2.25 bits per heavy atom. The summed E-state index contributed by atoms with van der Waals surface area (Å²) in [5.74, 6) is -3.39. The maximum Gasteiger partial charge on any atom is 0.332 e. The van der Waals surface area contributed by atoms with Crippen molar-refractivity contribution < 1.29 is 26.1 Å². The molecule has 0 spiro atoms. The van der Waals surface area contributed by atoms with Crippen molar-refractivity contribution in [3.63, 3.8) is 0 Å². The minimum Gasteiger partial charge on any atom is -0.330 e. The number of rotatable bonds is 2. The molecule has 0 bridgehead atoms. The number of carbonyl (C=O) groups excluding carboxylic acids is 3. The van der Waals surface area contributed by atoms with Crippen molar-refractivity contribution >= 4 is 17.8 Å². The molecule has 66 valence electrons. The summed E-state index contributed by atoms with van der Waals surface area (Å²) in [5, 5.41) is 0.103. The zero-order chi connectivity index (χ0) is 13.4. The van der Waals surface area contributed by atoms with E-state index in [0.29, 0.717) is 0 Å². The number of hydroxylamine groups is 2. The van der Waals surface area contributed by atoms with E-state index in [0.717, 1.165) is 0 Å². The standard InChI is InChI=1S/C7H9NO4/c1-2-7(11)12-8-5(9)3-4-6(8)10/h2-4H2,1H3/i1T3,2T2. The van der Waals surface area contributed by atoms with Gasteiger partial charge in [-0.25, -0.2) is 4.79 Å². The van der Waals surface area contributed by atoms with Gasteiger partial charge in [-0.05, 0) is 0 Å². The van der Waals surface area contributed by atoms with Gasteiger partial charge in [0.05, 0.1) is 0 Å². The smallest absolute Gasteiger partial charge is 0.330 e. The molecule has 0 saturated carbocycles. The van der Waals surface area contributed by atoms with Crippen molar-refractivity contribution in [2.75, 3.05) is 0 Å². The predicted octanol–water partition coefficient (Wildman–Crippen LogP) is 0.00360. The Morgan fingerprint density at radius 1 is 1.67 bits per heavy atom. The van der Waals surface area contributed by atoms with E-state index in [1.165, 1.54) is 0 Å². The van der Waals surface area contributed by atoms with Gasteiger partial charge in [-0.3, -0.25) is 9.59 Å². The first-order chi connectivity index (χ1) is 7.57. The third-order valence-corrected chi connectivity index (χ3v) is 1.28. The fourth-order valence-electron chi connectivity index (χ4n) is 0.764. The summed E-state index contributed by atoms with van der Waals surface area (Å²) in [6, 6.07) is 0. The van der Waals surface area contributed by atoms with E-state index in [1.807, 2.05) is 0 Å². The Kier molecular flexibility index (Phi) is 1.12. The van der Waals surface area contributed by atoms with Crippen LogP contribution >= 0.6 is 0 Å². The molecule has 0 aromatic rings. The highest BCUT2D eigenvalue weighted by Gasteiger charge is 2.32. The van der Waals surface area contributed by atoms with Crippen LogP contribution in [0.3, 0.4) is 0 Å². The Morgan fingerprint density at radius 3 is 2.75 bits per heavy atom. The van der Waals surface area contributed by atoms with Crippen LogP contribution in [-0.4, -0.2) is 22.8 Å². The van der Waals surface area contributed by atoms with Crippen molar-refractivity contribution in [3.8, 4) is 0 Å². The fourth-order valence-corrected chi connectivity index (χ4v) is 0.764. The number of amides is 2. The highest BCUT2D eigenvalue weighted by atomic mass is 16.7. The molecule has 2 amide bonds. The maximum atomic E-state index is 11.3. The van der Waals surface area contributed by atoms with Crippen LogP contribution in [0.1, 0.15) is 32.9 Å². The molecule has 5 heteroatoms. The van der Waals surface area contributed by atoms with Crippen LogP contribution in [0.15, 0.2) is 0 Å². The second-order valence-corrected chi connectivity index (χ2v) is 2.09. The van der Waals surface area contributed by atoms with Crippen LogP contribution in [0.4, 0.5) is 0 Å². The lowest BCUT2D eigenvalue weighted by Crippen LogP contribution is -2.31. The molecule has 1 saturated heterocycles. The van der Waals surface area contributed by atoms with Gasteiger partial charge in [0.25, 0.3) is 11.8 Å². The average Bonchev–Trinajstić information content (AvgIpc) is 2.47. The van der Waals surface area contributed by atoms with Gasteiger partial charge in [0, 0.05) is 26.1 Å². The Balaban J connectivity index is 2.80. The minimum atomic E-state index is -3.28. The van der Waals surface area contributed by atoms with E-state index < -0.39 is 31.0 Å². The van der Waals surface area contributed by atoms with Gasteiger partial charge in [0.2, 0.25) is 0 Å². The topological polar surface area (TPSA) is 63.7 Å². The molecule has 0 aliphatic carbocycles. The van der Waals surface area contributed by atoms with Gasteiger partial charge >= 0.3 is 5.97 Å². The lowest BCUT2D eigenvalue weighted by Gasteiger charge is -2.10. The molecule has 1 rings (SSSR count). The van der Waals surface area contributed by atoms with Gasteiger partial charge < -0.3 is 4.84 Å². The molecule has 0 radical (unpaired) electrons. The second kappa shape index (κ2) is 3.34. The summed E-state index contributed by atoms with van der Waals surface area (Å²) < 4.78 is 34.5. The number of hydrogen-bond acceptors (Lipinski definition) is 4. The summed E-state index contributed by atoms with van der Waals surface area (Å²) in [6.07, 6.45) is -3.58. The number of hydrogen-bond donors (Lipinski definition) is 0. The molecule has 0 aromatic heterocycles. The Bertz CT molecular complexity index is 361. The fraction of sp³-hybridized carbons (Fsp3) is 0.571. The minimum absolute atomic E-state index is 0.103. The van der Waals surface area contributed by atoms with Gasteiger partial charge in [0.15, 0.2) is 0 Å². The van der Waals surface area contributed by atoms with E-state index >= 15 is 0 Å². The van der Waals surface area contributed by atoms with E-state index in [-0.39, 0.29) is 17.9 Å². The normalized spacial score (nSPS) is 25.3. The van der Waals surface area contributed by atoms with Gasteiger partial charge in [-0.15, -0.1) is 5.06 Å². The van der Waals surface area contributed by atoms with Crippen LogP contribution < -0.4 is 0 Å². The second-order valence-electron chi connectivity index (χ2n) is 2.09. The molecule has 5 nitrogen and oxygen atoms in total. The number of imide groups is 1. The summed E-state index contributed by atoms with van der Waals surface area (Å²) in [6.45, 7) is -3.24. The Labute approximate surface area is 76.3 Å². The van der Waals surface area contributed by atoms with Crippen molar-refractivity contribution in [2.45, 2.75) is 26.1 Å². The van der Waals surface area contributed by atoms with Crippen molar-refractivity contribution in [1.82, 2.24) is 5.06 Å². The summed E-state index contributed by atoms with van der Waals surface area (Å²) in [4.78, 5) is 37.6. The van der Waals surface area contributed by atoms with Gasteiger partial charge in [0.1, 0.15) is 0 Å². The van der Waals surface area contributed by atoms with E-state index in [1.54, 1.807) is 0 Å². The molecule has 0 unspecified atom stereocenters. The lowest BCUT2D eigenvalue weighted by molar-refractivity contribution is -0.197. The molecule has 0 aromatic carbocycles. The van der Waals surface area contributed by atoms with Gasteiger partial charge in [-0.1, -0.05) is 6.85 Å². The monoisotopic (exact) mass is 181 g/mol. The molecule has 1 aliphatic heterocycles. The molecule has 1 heterocycles. The third kappa shape index (κ3) is 1.61. The third-order valence-electron chi connectivity index (χ3n) is 1.28. The van der Waals surface area contributed by atoms with Crippen LogP contribution in [0.2, 0.25) is 0 Å². The first-order valence-electron chi connectivity index (χ1n) is 5.65. The highest BCUT2D eigenvalue weighted by molar-refractivity contribution is 6.01. The molecule has 12 heavy (non-hydrogen) atoms. The zero-order valence-corrected chi connectivity index (χ0v) is 5.99.